The number of hydrogen-bond acceptors (Lipinski definition) is 3. The average molecular weight is 305 g/mol. The Hall–Kier alpha value is -0.880. The molecule has 0 amide bonds. The van der Waals surface area contributed by atoms with E-state index in [0.717, 1.165) is 42.8 Å². The maximum absolute atomic E-state index is 13.0. The minimum absolute atomic E-state index is 0.256. The van der Waals surface area contributed by atoms with E-state index in [4.69, 9.17) is 4.74 Å². The summed E-state index contributed by atoms with van der Waals surface area (Å²) in [6, 6.07) is 3.07. The van der Waals surface area contributed by atoms with Gasteiger partial charge in [-0.1, -0.05) is 0 Å². The molecule has 1 aromatic rings. The fraction of sp³-hybridized carbons (Fsp3) is 0.571. The van der Waals surface area contributed by atoms with Crippen molar-refractivity contribution in [1.82, 2.24) is 5.32 Å². The van der Waals surface area contributed by atoms with Crippen LogP contribution in [0.3, 0.4) is 0 Å². The first-order valence-electron chi connectivity index (χ1n) is 6.51. The monoisotopic (exact) mass is 305 g/mol. The van der Waals surface area contributed by atoms with Gasteiger partial charge in [0.2, 0.25) is 0 Å². The molecule has 0 saturated carbocycles. The zero-order chi connectivity index (χ0) is 14.8. The van der Waals surface area contributed by atoms with Crippen molar-refractivity contribution >= 4 is 11.8 Å². The third kappa shape index (κ3) is 3.41. The van der Waals surface area contributed by atoms with Crippen molar-refractivity contribution in [3.05, 3.63) is 23.3 Å². The normalized spacial score (nSPS) is 19.4. The summed E-state index contributed by atoms with van der Waals surface area (Å²) in [5.41, 5.74) is 0.217. The van der Waals surface area contributed by atoms with Gasteiger partial charge >= 0.3 is 6.18 Å². The molecule has 0 spiro atoms. The lowest BCUT2D eigenvalue weighted by atomic mass is 10.0. The van der Waals surface area contributed by atoms with Crippen molar-refractivity contribution in [1.29, 1.82) is 0 Å². The fourth-order valence-electron chi connectivity index (χ4n) is 2.54. The molecule has 1 atom stereocenters. The Morgan fingerprint density at radius 1 is 1.40 bits per heavy atom. The number of thioether (sulfide) groups is 1. The highest BCUT2D eigenvalue weighted by Crippen LogP contribution is 2.40. The van der Waals surface area contributed by atoms with Gasteiger partial charge in [0, 0.05) is 10.9 Å². The van der Waals surface area contributed by atoms with Crippen LogP contribution < -0.4 is 10.1 Å². The molecule has 6 heteroatoms. The molecule has 2 rings (SSSR count). The molecule has 1 aliphatic rings. The van der Waals surface area contributed by atoms with Crippen LogP contribution in [0.25, 0.3) is 0 Å². The largest absolute Gasteiger partial charge is 0.496 e. The third-order valence-electron chi connectivity index (χ3n) is 3.54. The molecule has 1 aromatic carbocycles. The molecule has 2 nitrogen and oxygen atoms in total. The summed E-state index contributed by atoms with van der Waals surface area (Å²) in [6.07, 6.45) is 0.182. The van der Waals surface area contributed by atoms with Crippen molar-refractivity contribution in [3.8, 4) is 5.75 Å². The topological polar surface area (TPSA) is 21.3 Å². The summed E-state index contributed by atoms with van der Waals surface area (Å²) in [7, 11) is 1.42. The molecular weight excluding hydrogens is 287 g/mol. The van der Waals surface area contributed by atoms with Crippen molar-refractivity contribution in [2.24, 2.45) is 0 Å². The predicted octanol–water partition coefficient (Wildman–Crippen LogP) is 3.73. The van der Waals surface area contributed by atoms with Crippen LogP contribution in [0.4, 0.5) is 13.2 Å². The van der Waals surface area contributed by atoms with Gasteiger partial charge in [0.1, 0.15) is 5.75 Å². The summed E-state index contributed by atoms with van der Waals surface area (Å²) in [6.45, 7) is 0.975. The quantitative estimate of drug-likeness (QED) is 0.857. The fourth-order valence-corrected chi connectivity index (χ4v) is 3.19. The van der Waals surface area contributed by atoms with Crippen LogP contribution in [-0.2, 0) is 12.6 Å². The van der Waals surface area contributed by atoms with E-state index in [1.165, 1.54) is 7.11 Å². The smallest absolute Gasteiger partial charge is 0.417 e. The van der Waals surface area contributed by atoms with E-state index in [9.17, 15) is 13.2 Å². The third-order valence-corrected chi connectivity index (χ3v) is 4.31. The van der Waals surface area contributed by atoms with E-state index in [0.29, 0.717) is 18.2 Å². The van der Waals surface area contributed by atoms with Gasteiger partial charge in [0.25, 0.3) is 0 Å². The molecule has 1 aliphatic heterocycles. The van der Waals surface area contributed by atoms with E-state index >= 15 is 0 Å². The SMILES string of the molecule is COc1cc(C(F)(F)F)c(SC)cc1C[C@@H]1CCCN1. The van der Waals surface area contributed by atoms with Gasteiger partial charge in [0.05, 0.1) is 12.7 Å². The molecule has 0 aliphatic carbocycles. The summed E-state index contributed by atoms with van der Waals surface area (Å²) in [5.74, 6) is 0.323. The molecule has 1 heterocycles. The summed E-state index contributed by atoms with van der Waals surface area (Å²) < 4.78 is 44.2. The zero-order valence-electron chi connectivity index (χ0n) is 11.5. The second kappa shape index (κ2) is 6.26. The second-order valence-corrected chi connectivity index (χ2v) is 5.71. The number of methoxy groups -OCH3 is 1. The number of alkyl halides is 3. The van der Waals surface area contributed by atoms with Gasteiger partial charge in [-0.15, -0.1) is 11.8 Å². The Bertz CT molecular complexity index is 470. The van der Waals surface area contributed by atoms with E-state index in [1.54, 1.807) is 12.3 Å². The number of hydrogen-bond donors (Lipinski definition) is 1. The first-order chi connectivity index (χ1) is 9.45. The van der Waals surface area contributed by atoms with E-state index in [-0.39, 0.29) is 4.90 Å². The molecule has 20 heavy (non-hydrogen) atoms. The van der Waals surface area contributed by atoms with Gasteiger partial charge in [0.15, 0.2) is 0 Å². The number of nitrogens with one attached hydrogen (secondary N) is 1. The highest BCUT2D eigenvalue weighted by molar-refractivity contribution is 7.98. The molecule has 0 bridgehead atoms. The zero-order valence-corrected chi connectivity index (χ0v) is 12.3. The van der Waals surface area contributed by atoms with Crippen molar-refractivity contribution in [2.45, 2.75) is 36.4 Å². The van der Waals surface area contributed by atoms with Crippen molar-refractivity contribution in [2.75, 3.05) is 19.9 Å². The minimum Gasteiger partial charge on any atom is -0.496 e. The van der Waals surface area contributed by atoms with Crippen LogP contribution in [-0.4, -0.2) is 26.0 Å². The maximum atomic E-state index is 13.0. The van der Waals surface area contributed by atoms with Gasteiger partial charge in [-0.25, -0.2) is 0 Å². The van der Waals surface area contributed by atoms with Gasteiger partial charge in [-0.3, -0.25) is 0 Å². The predicted molar refractivity (Wildman–Crippen MR) is 74.5 cm³/mol. The molecular formula is C14H18F3NOS. The summed E-state index contributed by atoms with van der Waals surface area (Å²) in [5, 5.41) is 3.35. The first-order valence-corrected chi connectivity index (χ1v) is 7.73. The van der Waals surface area contributed by atoms with Gasteiger partial charge in [-0.2, -0.15) is 13.2 Å². The Kier molecular flexibility index (Phi) is 4.86. The van der Waals surface area contributed by atoms with Crippen LogP contribution in [0.5, 0.6) is 5.75 Å². The highest BCUT2D eigenvalue weighted by atomic mass is 32.2. The standard InChI is InChI=1S/C14H18F3NOS/c1-19-12-8-11(14(15,16)17)13(20-2)7-9(12)6-10-4-3-5-18-10/h7-8,10,18H,3-6H2,1-2H3/t10-/m0/s1. The molecule has 0 unspecified atom stereocenters. The number of ether oxygens (including phenoxy) is 1. The average Bonchev–Trinajstić information content (AvgIpc) is 2.89. The molecule has 1 fully saturated rings. The number of halogens is 3. The Balaban J connectivity index is 2.36. The van der Waals surface area contributed by atoms with Crippen LogP contribution in [0, 0.1) is 0 Å². The van der Waals surface area contributed by atoms with Crippen LogP contribution in [0.1, 0.15) is 24.0 Å². The van der Waals surface area contributed by atoms with E-state index in [2.05, 4.69) is 5.32 Å². The molecule has 1 saturated heterocycles. The summed E-state index contributed by atoms with van der Waals surface area (Å²) in [4.78, 5) is 0.256. The Labute approximate surface area is 121 Å². The lowest BCUT2D eigenvalue weighted by Crippen LogP contribution is -2.24. The van der Waals surface area contributed by atoms with Crippen LogP contribution in [0.15, 0.2) is 17.0 Å². The lowest BCUT2D eigenvalue weighted by molar-refractivity contribution is -0.139. The lowest BCUT2D eigenvalue weighted by Gasteiger charge is -2.18. The van der Waals surface area contributed by atoms with Crippen molar-refractivity contribution in [3.63, 3.8) is 0 Å². The van der Waals surface area contributed by atoms with Crippen molar-refractivity contribution < 1.29 is 17.9 Å². The Morgan fingerprint density at radius 3 is 2.65 bits per heavy atom. The molecule has 112 valence electrons. The Morgan fingerprint density at radius 2 is 2.15 bits per heavy atom. The van der Waals surface area contributed by atoms with Crippen LogP contribution in [0.2, 0.25) is 0 Å². The van der Waals surface area contributed by atoms with Crippen LogP contribution >= 0.6 is 11.8 Å². The number of benzene rings is 1. The highest BCUT2D eigenvalue weighted by Gasteiger charge is 2.34. The summed E-state index contributed by atoms with van der Waals surface area (Å²) >= 11 is 1.12. The second-order valence-electron chi connectivity index (χ2n) is 4.86. The molecule has 0 radical (unpaired) electrons. The van der Waals surface area contributed by atoms with Gasteiger partial charge < -0.3 is 10.1 Å². The minimum atomic E-state index is -4.35. The van der Waals surface area contributed by atoms with E-state index in [1.807, 2.05) is 0 Å². The molecule has 1 N–H and O–H groups in total. The van der Waals surface area contributed by atoms with Gasteiger partial charge in [-0.05, 0) is 49.8 Å². The van der Waals surface area contributed by atoms with E-state index < -0.39 is 11.7 Å². The molecule has 0 aromatic heterocycles. The maximum Gasteiger partial charge on any atom is 0.417 e. The first kappa shape index (κ1) is 15.5. The number of rotatable bonds is 4.